The largest absolute Gasteiger partial charge is 0.507 e. The van der Waals surface area contributed by atoms with Crippen molar-refractivity contribution in [2.75, 3.05) is 0 Å². The highest BCUT2D eigenvalue weighted by molar-refractivity contribution is 5.53. The Bertz CT molecular complexity index is 457. The summed E-state index contributed by atoms with van der Waals surface area (Å²) < 4.78 is 0. The van der Waals surface area contributed by atoms with E-state index in [0.717, 1.165) is 25.7 Å². The maximum absolute atomic E-state index is 9.79. The van der Waals surface area contributed by atoms with Gasteiger partial charge in [0.15, 0.2) is 0 Å². The molecule has 4 N–H and O–H groups in total. The number of benzene rings is 1. The van der Waals surface area contributed by atoms with Crippen molar-refractivity contribution < 1.29 is 10.2 Å². The van der Waals surface area contributed by atoms with E-state index in [1.54, 1.807) is 0 Å². The standard InChI is InChI=1S/C12H14N2O2/c13-7-8-5-9(11(16)6-10(8)15)12(14)3-1-2-4-12/h5-6,15-16H,1-4,14H2. The van der Waals surface area contributed by atoms with Crippen LogP contribution in [-0.4, -0.2) is 10.2 Å². The van der Waals surface area contributed by atoms with Crippen LogP contribution in [0.4, 0.5) is 0 Å². The van der Waals surface area contributed by atoms with Crippen LogP contribution in [-0.2, 0) is 5.54 Å². The van der Waals surface area contributed by atoms with Crippen molar-refractivity contribution in [3.8, 4) is 17.6 Å². The van der Waals surface area contributed by atoms with Crippen LogP contribution < -0.4 is 5.73 Å². The van der Waals surface area contributed by atoms with Gasteiger partial charge in [-0.1, -0.05) is 12.8 Å². The van der Waals surface area contributed by atoms with E-state index in [4.69, 9.17) is 11.0 Å². The number of nitrogens with two attached hydrogens (primary N) is 1. The molecule has 0 spiro atoms. The van der Waals surface area contributed by atoms with Gasteiger partial charge in [0.25, 0.3) is 0 Å². The van der Waals surface area contributed by atoms with Crippen LogP contribution in [0.3, 0.4) is 0 Å². The zero-order chi connectivity index (χ0) is 11.8. The van der Waals surface area contributed by atoms with Gasteiger partial charge in [0.2, 0.25) is 0 Å². The molecule has 0 amide bonds. The number of hydrogen-bond donors (Lipinski definition) is 3. The van der Waals surface area contributed by atoms with Gasteiger partial charge in [0.1, 0.15) is 17.6 Å². The molecule has 1 aromatic rings. The summed E-state index contributed by atoms with van der Waals surface area (Å²) in [6.45, 7) is 0. The summed E-state index contributed by atoms with van der Waals surface area (Å²) in [5.41, 5.74) is 6.38. The highest BCUT2D eigenvalue weighted by Crippen LogP contribution is 2.42. The average Bonchev–Trinajstić information content (AvgIpc) is 2.66. The summed E-state index contributed by atoms with van der Waals surface area (Å²) in [4.78, 5) is 0. The average molecular weight is 218 g/mol. The molecule has 0 unspecified atom stereocenters. The molecule has 2 rings (SSSR count). The molecule has 1 aromatic carbocycles. The van der Waals surface area contributed by atoms with Crippen LogP contribution in [0.2, 0.25) is 0 Å². The lowest BCUT2D eigenvalue weighted by Gasteiger charge is -2.25. The van der Waals surface area contributed by atoms with E-state index in [-0.39, 0.29) is 17.1 Å². The van der Waals surface area contributed by atoms with E-state index >= 15 is 0 Å². The lowest BCUT2D eigenvalue weighted by molar-refractivity contribution is 0.402. The Kier molecular flexibility index (Phi) is 2.49. The lowest BCUT2D eigenvalue weighted by atomic mass is 9.87. The number of rotatable bonds is 1. The van der Waals surface area contributed by atoms with Crippen molar-refractivity contribution in [2.24, 2.45) is 5.73 Å². The maximum atomic E-state index is 9.79. The minimum absolute atomic E-state index is 0.0269. The van der Waals surface area contributed by atoms with Crippen LogP contribution in [0.25, 0.3) is 0 Å². The van der Waals surface area contributed by atoms with E-state index in [9.17, 15) is 10.2 Å². The summed E-state index contributed by atoms with van der Waals surface area (Å²) in [5.74, 6) is -0.230. The summed E-state index contributed by atoms with van der Waals surface area (Å²) in [7, 11) is 0. The molecule has 1 aliphatic carbocycles. The molecule has 0 saturated heterocycles. The van der Waals surface area contributed by atoms with Gasteiger partial charge in [0.05, 0.1) is 5.56 Å². The van der Waals surface area contributed by atoms with Crippen molar-refractivity contribution in [3.05, 3.63) is 23.3 Å². The van der Waals surface area contributed by atoms with E-state index in [1.807, 2.05) is 6.07 Å². The lowest BCUT2D eigenvalue weighted by Crippen LogP contribution is -2.33. The smallest absolute Gasteiger partial charge is 0.137 e. The molecule has 1 fully saturated rings. The Hall–Kier alpha value is -1.73. The van der Waals surface area contributed by atoms with Gasteiger partial charge >= 0.3 is 0 Å². The Morgan fingerprint density at radius 3 is 2.38 bits per heavy atom. The van der Waals surface area contributed by atoms with Gasteiger partial charge < -0.3 is 15.9 Å². The number of hydrogen-bond acceptors (Lipinski definition) is 4. The number of phenols is 2. The third-order valence-corrected chi connectivity index (χ3v) is 3.27. The van der Waals surface area contributed by atoms with Gasteiger partial charge in [0, 0.05) is 17.2 Å². The quantitative estimate of drug-likeness (QED) is 0.669. The molecule has 0 aromatic heterocycles. The number of aromatic hydroxyl groups is 2. The SMILES string of the molecule is N#Cc1cc(C2(N)CCCC2)c(O)cc1O. The van der Waals surface area contributed by atoms with E-state index in [0.29, 0.717) is 5.56 Å². The second-order valence-corrected chi connectivity index (χ2v) is 4.36. The van der Waals surface area contributed by atoms with Crippen LogP contribution in [0, 0.1) is 11.3 Å². The molecule has 4 nitrogen and oxygen atoms in total. The first-order chi connectivity index (χ1) is 7.57. The predicted molar refractivity (Wildman–Crippen MR) is 58.8 cm³/mol. The fraction of sp³-hybridized carbons (Fsp3) is 0.417. The molecule has 0 aliphatic heterocycles. The monoisotopic (exact) mass is 218 g/mol. The predicted octanol–water partition coefficient (Wildman–Crippen LogP) is 1.70. The molecule has 1 aliphatic rings. The highest BCUT2D eigenvalue weighted by Gasteiger charge is 2.34. The first-order valence-electron chi connectivity index (χ1n) is 5.32. The summed E-state index contributed by atoms with van der Waals surface area (Å²) in [6.07, 6.45) is 3.66. The normalized spacial score (nSPS) is 18.2. The summed E-state index contributed by atoms with van der Waals surface area (Å²) >= 11 is 0. The number of nitriles is 1. The van der Waals surface area contributed by atoms with Crippen LogP contribution >= 0.6 is 0 Å². The van der Waals surface area contributed by atoms with E-state index < -0.39 is 5.54 Å². The molecule has 16 heavy (non-hydrogen) atoms. The molecule has 0 heterocycles. The van der Waals surface area contributed by atoms with Crippen molar-refractivity contribution in [3.63, 3.8) is 0 Å². The Labute approximate surface area is 93.9 Å². The van der Waals surface area contributed by atoms with Gasteiger partial charge in [-0.25, -0.2) is 0 Å². The third-order valence-electron chi connectivity index (χ3n) is 3.27. The minimum Gasteiger partial charge on any atom is -0.507 e. The van der Waals surface area contributed by atoms with Gasteiger partial charge in [-0.05, 0) is 18.9 Å². The van der Waals surface area contributed by atoms with Crippen LogP contribution in [0.5, 0.6) is 11.5 Å². The molecule has 84 valence electrons. The van der Waals surface area contributed by atoms with Crippen molar-refractivity contribution in [1.29, 1.82) is 5.26 Å². The molecular weight excluding hydrogens is 204 g/mol. The second-order valence-electron chi connectivity index (χ2n) is 4.36. The van der Waals surface area contributed by atoms with E-state index in [1.165, 1.54) is 12.1 Å². The second kappa shape index (κ2) is 3.69. The Balaban J connectivity index is 2.53. The highest BCUT2D eigenvalue weighted by atomic mass is 16.3. The van der Waals surface area contributed by atoms with Gasteiger partial charge in [-0.2, -0.15) is 5.26 Å². The zero-order valence-electron chi connectivity index (χ0n) is 8.90. The number of nitrogens with zero attached hydrogens (tertiary/aromatic N) is 1. The molecule has 0 radical (unpaired) electrons. The Morgan fingerprint density at radius 1 is 1.19 bits per heavy atom. The summed E-state index contributed by atoms with van der Waals surface area (Å²) in [5, 5.41) is 28.0. The van der Waals surface area contributed by atoms with Crippen LogP contribution in [0.1, 0.15) is 36.8 Å². The van der Waals surface area contributed by atoms with Crippen molar-refractivity contribution >= 4 is 0 Å². The van der Waals surface area contributed by atoms with Crippen LogP contribution in [0.15, 0.2) is 12.1 Å². The molecular formula is C12H14N2O2. The fourth-order valence-electron chi connectivity index (χ4n) is 2.34. The molecule has 0 atom stereocenters. The van der Waals surface area contributed by atoms with Crippen molar-refractivity contribution in [1.82, 2.24) is 0 Å². The Morgan fingerprint density at radius 2 is 1.81 bits per heavy atom. The molecule has 4 heteroatoms. The fourth-order valence-corrected chi connectivity index (χ4v) is 2.34. The first kappa shape index (κ1) is 10.8. The molecule has 1 saturated carbocycles. The molecule has 0 bridgehead atoms. The van der Waals surface area contributed by atoms with Gasteiger partial charge in [-0.15, -0.1) is 0 Å². The zero-order valence-corrected chi connectivity index (χ0v) is 8.90. The summed E-state index contributed by atoms with van der Waals surface area (Å²) in [6, 6.07) is 4.58. The number of phenolic OH excluding ortho intramolecular Hbond substituents is 2. The van der Waals surface area contributed by atoms with Crippen molar-refractivity contribution in [2.45, 2.75) is 31.2 Å². The maximum Gasteiger partial charge on any atom is 0.137 e. The first-order valence-corrected chi connectivity index (χ1v) is 5.32. The third kappa shape index (κ3) is 1.59. The topological polar surface area (TPSA) is 90.3 Å². The minimum atomic E-state index is -0.552. The van der Waals surface area contributed by atoms with E-state index in [2.05, 4.69) is 0 Å². The van der Waals surface area contributed by atoms with Gasteiger partial charge in [-0.3, -0.25) is 0 Å².